The first-order valence-corrected chi connectivity index (χ1v) is 7.97. The van der Waals surface area contributed by atoms with E-state index >= 15 is 0 Å². The summed E-state index contributed by atoms with van der Waals surface area (Å²) in [5, 5.41) is 2.91. The summed E-state index contributed by atoms with van der Waals surface area (Å²) in [6.07, 6.45) is 3.71. The van der Waals surface area contributed by atoms with E-state index in [1.165, 1.54) is 0 Å². The smallest absolute Gasteiger partial charge is 0.236 e. The highest BCUT2D eigenvalue weighted by atomic mass is 16.2. The fraction of sp³-hybridized carbons (Fsp3) is 0.316. The van der Waals surface area contributed by atoms with Crippen LogP contribution in [0, 0.1) is 0 Å². The third-order valence-corrected chi connectivity index (χ3v) is 4.54. The fourth-order valence-corrected chi connectivity index (χ4v) is 3.08. The topological polar surface area (TPSA) is 62.3 Å². The van der Waals surface area contributed by atoms with E-state index in [-0.39, 0.29) is 11.8 Å². The molecule has 2 heterocycles. The van der Waals surface area contributed by atoms with Crippen LogP contribution in [0.3, 0.4) is 0 Å². The molecule has 0 spiro atoms. The first-order chi connectivity index (χ1) is 11.4. The lowest BCUT2D eigenvalue weighted by molar-refractivity contribution is -0.122. The molecule has 0 aliphatic carbocycles. The first-order valence-electron chi connectivity index (χ1n) is 7.97. The van der Waals surface area contributed by atoms with E-state index in [2.05, 4.69) is 10.3 Å². The maximum atomic E-state index is 12.3. The molecule has 1 aromatic carbocycles. The van der Waals surface area contributed by atoms with Crippen LogP contribution in [0.4, 0.5) is 5.69 Å². The molecule has 3 rings (SSSR count). The number of hydrogen-bond donors (Lipinski definition) is 1. The Morgan fingerprint density at radius 3 is 2.58 bits per heavy atom. The van der Waals surface area contributed by atoms with E-state index in [1.807, 2.05) is 44.2 Å². The molecule has 2 aromatic rings. The van der Waals surface area contributed by atoms with E-state index < -0.39 is 5.41 Å². The van der Waals surface area contributed by atoms with Crippen LogP contribution in [0.15, 0.2) is 42.7 Å². The molecule has 124 valence electrons. The summed E-state index contributed by atoms with van der Waals surface area (Å²) in [7, 11) is 1.79. The number of pyridine rings is 1. The Hall–Kier alpha value is -2.69. The largest absolute Gasteiger partial charge is 0.352 e. The number of carbonyl (C=O) groups is 2. The SMILES string of the molecule is CN1C(=O)C(C)(C)c2cc(CC(=O)NCc3ccncc3)ccc21. The molecule has 24 heavy (non-hydrogen) atoms. The summed E-state index contributed by atoms with van der Waals surface area (Å²) < 4.78 is 0. The normalized spacial score (nSPS) is 15.3. The maximum absolute atomic E-state index is 12.3. The molecule has 2 amide bonds. The van der Waals surface area contributed by atoms with E-state index in [1.54, 1.807) is 24.3 Å². The van der Waals surface area contributed by atoms with Gasteiger partial charge in [0.2, 0.25) is 11.8 Å². The van der Waals surface area contributed by atoms with Crippen molar-refractivity contribution in [3.05, 3.63) is 59.4 Å². The second-order valence-electron chi connectivity index (χ2n) is 6.65. The third kappa shape index (κ3) is 2.89. The fourth-order valence-electron chi connectivity index (χ4n) is 3.08. The number of likely N-dealkylation sites (N-methyl/N-ethyl adjacent to an activating group) is 1. The van der Waals surface area contributed by atoms with Crippen LogP contribution in [0.1, 0.15) is 30.5 Å². The average Bonchev–Trinajstić information content (AvgIpc) is 2.75. The van der Waals surface area contributed by atoms with Gasteiger partial charge in [-0.3, -0.25) is 14.6 Å². The highest BCUT2D eigenvalue weighted by molar-refractivity contribution is 6.07. The number of benzene rings is 1. The molecule has 5 heteroatoms. The minimum Gasteiger partial charge on any atom is -0.352 e. The quantitative estimate of drug-likeness (QED) is 0.938. The zero-order valence-electron chi connectivity index (χ0n) is 14.2. The third-order valence-electron chi connectivity index (χ3n) is 4.54. The highest BCUT2D eigenvalue weighted by Gasteiger charge is 2.42. The number of nitrogens with zero attached hydrogens (tertiary/aromatic N) is 2. The summed E-state index contributed by atoms with van der Waals surface area (Å²) in [5.74, 6) is 0.0408. The number of aromatic nitrogens is 1. The molecular weight excluding hydrogens is 302 g/mol. The van der Waals surface area contributed by atoms with Crippen molar-refractivity contribution in [2.75, 3.05) is 11.9 Å². The van der Waals surface area contributed by atoms with Gasteiger partial charge in [0.05, 0.1) is 11.8 Å². The van der Waals surface area contributed by atoms with E-state index in [0.717, 1.165) is 22.4 Å². The highest BCUT2D eigenvalue weighted by Crippen LogP contribution is 2.41. The van der Waals surface area contributed by atoms with Crippen molar-refractivity contribution in [3.63, 3.8) is 0 Å². The number of carbonyl (C=O) groups excluding carboxylic acids is 2. The number of nitrogens with one attached hydrogen (secondary N) is 1. The standard InChI is InChI=1S/C19H21N3O2/c1-19(2)15-10-14(4-5-16(15)22(3)18(19)24)11-17(23)21-12-13-6-8-20-9-7-13/h4-10H,11-12H2,1-3H3,(H,21,23). The summed E-state index contributed by atoms with van der Waals surface area (Å²) >= 11 is 0. The molecule has 0 unspecified atom stereocenters. The minimum absolute atomic E-state index is 0.0396. The molecule has 1 N–H and O–H groups in total. The summed E-state index contributed by atoms with van der Waals surface area (Å²) in [6, 6.07) is 9.56. The number of fused-ring (bicyclic) bond motifs is 1. The summed E-state index contributed by atoms with van der Waals surface area (Å²) in [4.78, 5) is 30.1. The van der Waals surface area contributed by atoms with Crippen molar-refractivity contribution in [1.82, 2.24) is 10.3 Å². The maximum Gasteiger partial charge on any atom is 0.236 e. The molecule has 0 atom stereocenters. The van der Waals surface area contributed by atoms with E-state index in [0.29, 0.717) is 13.0 Å². The molecule has 0 bridgehead atoms. The van der Waals surface area contributed by atoms with Crippen molar-refractivity contribution in [2.24, 2.45) is 0 Å². The molecule has 1 aliphatic rings. The zero-order valence-corrected chi connectivity index (χ0v) is 14.2. The van der Waals surface area contributed by atoms with Gasteiger partial charge in [-0.15, -0.1) is 0 Å². The predicted octanol–water partition coefficient (Wildman–Crippen LogP) is 2.19. The molecule has 0 fully saturated rings. The van der Waals surface area contributed by atoms with Crippen LogP contribution in [-0.4, -0.2) is 23.8 Å². The van der Waals surface area contributed by atoms with Gasteiger partial charge in [-0.05, 0) is 48.7 Å². The molecule has 0 saturated carbocycles. The Balaban J connectivity index is 1.70. The summed E-state index contributed by atoms with van der Waals surface area (Å²) in [6.45, 7) is 4.33. The van der Waals surface area contributed by atoms with E-state index in [9.17, 15) is 9.59 Å². The van der Waals surface area contributed by atoms with Gasteiger partial charge in [-0.25, -0.2) is 0 Å². The number of amides is 2. The van der Waals surface area contributed by atoms with Crippen LogP contribution in [0.25, 0.3) is 0 Å². The Morgan fingerprint density at radius 2 is 1.88 bits per heavy atom. The van der Waals surface area contributed by atoms with Crippen molar-refractivity contribution in [1.29, 1.82) is 0 Å². The van der Waals surface area contributed by atoms with Gasteiger partial charge in [0.15, 0.2) is 0 Å². The van der Waals surface area contributed by atoms with Gasteiger partial charge >= 0.3 is 0 Å². The number of hydrogen-bond acceptors (Lipinski definition) is 3. The first kappa shape index (κ1) is 16.2. The Bertz CT molecular complexity index is 784. The van der Waals surface area contributed by atoms with Crippen LogP contribution in [0.2, 0.25) is 0 Å². The lowest BCUT2D eigenvalue weighted by Crippen LogP contribution is -2.33. The molecule has 0 saturated heterocycles. The van der Waals surface area contributed by atoms with Crippen molar-refractivity contribution in [2.45, 2.75) is 32.2 Å². The molecule has 1 aromatic heterocycles. The molecule has 5 nitrogen and oxygen atoms in total. The van der Waals surface area contributed by atoms with Crippen LogP contribution in [0.5, 0.6) is 0 Å². The zero-order chi connectivity index (χ0) is 17.3. The van der Waals surface area contributed by atoms with Crippen LogP contribution < -0.4 is 10.2 Å². The summed E-state index contributed by atoms with van der Waals surface area (Å²) in [5.41, 5.74) is 3.28. The van der Waals surface area contributed by atoms with Crippen LogP contribution in [-0.2, 0) is 28.0 Å². The van der Waals surface area contributed by atoms with Crippen molar-refractivity contribution in [3.8, 4) is 0 Å². The monoisotopic (exact) mass is 323 g/mol. The molecule has 0 radical (unpaired) electrons. The molecular formula is C19H21N3O2. The predicted molar refractivity (Wildman–Crippen MR) is 92.7 cm³/mol. The second kappa shape index (κ2) is 6.07. The number of anilines is 1. The lowest BCUT2D eigenvalue weighted by atomic mass is 9.85. The Morgan fingerprint density at radius 1 is 1.17 bits per heavy atom. The van der Waals surface area contributed by atoms with Gasteiger partial charge < -0.3 is 10.2 Å². The second-order valence-corrected chi connectivity index (χ2v) is 6.65. The Labute approximate surface area is 141 Å². The van der Waals surface area contributed by atoms with Crippen molar-refractivity contribution < 1.29 is 9.59 Å². The van der Waals surface area contributed by atoms with Gasteiger partial charge in [-0.2, -0.15) is 0 Å². The molecule has 1 aliphatic heterocycles. The van der Waals surface area contributed by atoms with Crippen molar-refractivity contribution >= 4 is 17.5 Å². The average molecular weight is 323 g/mol. The number of rotatable bonds is 4. The van der Waals surface area contributed by atoms with E-state index in [4.69, 9.17) is 0 Å². The van der Waals surface area contributed by atoms with Gasteiger partial charge in [0.25, 0.3) is 0 Å². The van der Waals surface area contributed by atoms with Gasteiger partial charge in [0, 0.05) is 31.7 Å². The van der Waals surface area contributed by atoms with Crippen LogP contribution >= 0.6 is 0 Å². The minimum atomic E-state index is -0.548. The van der Waals surface area contributed by atoms with Gasteiger partial charge in [0.1, 0.15) is 0 Å². The lowest BCUT2D eigenvalue weighted by Gasteiger charge is -2.16. The Kier molecular flexibility index (Phi) is 4.09. The van der Waals surface area contributed by atoms with Gasteiger partial charge in [-0.1, -0.05) is 12.1 Å².